The lowest BCUT2D eigenvalue weighted by molar-refractivity contribution is -0.111. The summed E-state index contributed by atoms with van der Waals surface area (Å²) in [4.78, 5) is 12.0. The summed E-state index contributed by atoms with van der Waals surface area (Å²) in [5, 5.41) is 2.82. The highest BCUT2D eigenvalue weighted by Crippen LogP contribution is 2.25. The van der Waals surface area contributed by atoms with E-state index in [-0.39, 0.29) is 11.7 Å². The van der Waals surface area contributed by atoms with Gasteiger partial charge in [-0.15, -0.1) is 0 Å². The maximum atomic E-state index is 13.6. The van der Waals surface area contributed by atoms with E-state index in [1.165, 1.54) is 35.8 Å². The third-order valence-corrected chi connectivity index (χ3v) is 4.23. The maximum absolute atomic E-state index is 13.6. The second kappa shape index (κ2) is 6.44. The first kappa shape index (κ1) is 15.0. The SMILES string of the molecule is O=C(/C=C/c1cc(Br)ccc1F)Nc1ccc2c(c1)CCC2. The van der Waals surface area contributed by atoms with Crippen molar-refractivity contribution in [3.05, 3.63) is 69.5 Å². The van der Waals surface area contributed by atoms with Crippen LogP contribution in [0, 0.1) is 5.82 Å². The van der Waals surface area contributed by atoms with Gasteiger partial charge < -0.3 is 5.32 Å². The molecule has 2 nitrogen and oxygen atoms in total. The Kier molecular flexibility index (Phi) is 4.39. The normalized spacial score (nSPS) is 13.4. The van der Waals surface area contributed by atoms with E-state index in [9.17, 15) is 9.18 Å². The smallest absolute Gasteiger partial charge is 0.248 e. The van der Waals surface area contributed by atoms with Crippen molar-refractivity contribution < 1.29 is 9.18 Å². The Morgan fingerprint density at radius 1 is 1.14 bits per heavy atom. The van der Waals surface area contributed by atoms with Crippen LogP contribution < -0.4 is 5.32 Å². The molecule has 0 radical (unpaired) electrons. The summed E-state index contributed by atoms with van der Waals surface area (Å²) in [5.74, 6) is -0.623. The summed E-state index contributed by atoms with van der Waals surface area (Å²) in [5.41, 5.74) is 3.83. The molecule has 0 fully saturated rings. The monoisotopic (exact) mass is 359 g/mol. The molecule has 2 aromatic rings. The van der Waals surface area contributed by atoms with E-state index in [2.05, 4.69) is 27.3 Å². The number of rotatable bonds is 3. The molecule has 0 bridgehead atoms. The molecule has 2 aromatic carbocycles. The molecule has 0 aromatic heterocycles. The maximum Gasteiger partial charge on any atom is 0.248 e. The van der Waals surface area contributed by atoms with Crippen molar-refractivity contribution in [2.24, 2.45) is 0 Å². The molecule has 3 rings (SSSR count). The minimum Gasteiger partial charge on any atom is -0.323 e. The number of anilines is 1. The number of carbonyl (C=O) groups is 1. The van der Waals surface area contributed by atoms with Crippen LogP contribution in [0.2, 0.25) is 0 Å². The lowest BCUT2D eigenvalue weighted by Gasteiger charge is -2.05. The van der Waals surface area contributed by atoms with Crippen molar-refractivity contribution in [1.82, 2.24) is 0 Å². The second-order valence-electron chi connectivity index (χ2n) is 5.33. The van der Waals surface area contributed by atoms with Crippen molar-refractivity contribution >= 4 is 33.6 Å². The van der Waals surface area contributed by atoms with Crippen LogP contribution in [0.15, 0.2) is 46.9 Å². The van der Waals surface area contributed by atoms with Gasteiger partial charge in [-0.25, -0.2) is 4.39 Å². The molecule has 0 unspecified atom stereocenters. The first-order valence-corrected chi connectivity index (χ1v) is 7.97. The minimum absolute atomic E-state index is 0.266. The predicted molar refractivity (Wildman–Crippen MR) is 90.2 cm³/mol. The molecular weight excluding hydrogens is 345 g/mol. The van der Waals surface area contributed by atoms with Crippen LogP contribution >= 0.6 is 15.9 Å². The number of benzene rings is 2. The molecule has 22 heavy (non-hydrogen) atoms. The number of halogens is 2. The number of hydrogen-bond acceptors (Lipinski definition) is 1. The fraction of sp³-hybridized carbons (Fsp3) is 0.167. The third-order valence-electron chi connectivity index (χ3n) is 3.74. The molecule has 112 valence electrons. The van der Waals surface area contributed by atoms with E-state index in [0.29, 0.717) is 5.56 Å². The van der Waals surface area contributed by atoms with Crippen LogP contribution in [0.5, 0.6) is 0 Å². The van der Waals surface area contributed by atoms with Crippen LogP contribution in [0.3, 0.4) is 0 Å². The highest BCUT2D eigenvalue weighted by atomic mass is 79.9. The van der Waals surface area contributed by atoms with E-state index >= 15 is 0 Å². The fourth-order valence-corrected chi connectivity index (χ4v) is 3.02. The average Bonchev–Trinajstić information content (AvgIpc) is 2.96. The van der Waals surface area contributed by atoms with Gasteiger partial charge in [0.2, 0.25) is 5.91 Å². The van der Waals surface area contributed by atoms with Gasteiger partial charge in [0, 0.05) is 21.8 Å². The molecule has 4 heteroatoms. The molecule has 0 atom stereocenters. The van der Waals surface area contributed by atoms with Gasteiger partial charge in [0.15, 0.2) is 0 Å². The summed E-state index contributed by atoms with van der Waals surface area (Å²) in [6.07, 6.45) is 6.18. The van der Waals surface area contributed by atoms with E-state index in [0.717, 1.165) is 23.0 Å². The molecule has 1 N–H and O–H groups in total. The van der Waals surface area contributed by atoms with Crippen LogP contribution in [-0.4, -0.2) is 5.91 Å². The molecule has 0 spiro atoms. The highest BCUT2D eigenvalue weighted by Gasteiger charge is 2.11. The third kappa shape index (κ3) is 3.45. The van der Waals surface area contributed by atoms with Crippen LogP contribution in [0.4, 0.5) is 10.1 Å². The van der Waals surface area contributed by atoms with Gasteiger partial charge in [0.1, 0.15) is 5.82 Å². The number of amides is 1. The largest absolute Gasteiger partial charge is 0.323 e. The first-order valence-electron chi connectivity index (χ1n) is 7.18. The highest BCUT2D eigenvalue weighted by molar-refractivity contribution is 9.10. The second-order valence-corrected chi connectivity index (χ2v) is 6.24. The van der Waals surface area contributed by atoms with Gasteiger partial charge in [0.25, 0.3) is 0 Å². The van der Waals surface area contributed by atoms with E-state index in [1.807, 2.05) is 12.1 Å². The summed E-state index contributed by atoms with van der Waals surface area (Å²) >= 11 is 3.28. The lowest BCUT2D eigenvalue weighted by atomic mass is 10.1. The Morgan fingerprint density at radius 3 is 2.82 bits per heavy atom. The molecule has 0 heterocycles. The molecule has 0 saturated heterocycles. The number of aryl methyl sites for hydroxylation is 2. The van der Waals surface area contributed by atoms with E-state index in [1.54, 1.807) is 12.1 Å². The predicted octanol–water partition coefficient (Wildman–Crippen LogP) is 4.73. The quantitative estimate of drug-likeness (QED) is 0.788. The lowest BCUT2D eigenvalue weighted by Crippen LogP contribution is -2.08. The fourth-order valence-electron chi connectivity index (χ4n) is 2.64. The zero-order valence-electron chi connectivity index (χ0n) is 11.9. The van der Waals surface area contributed by atoms with Gasteiger partial charge in [0.05, 0.1) is 0 Å². The van der Waals surface area contributed by atoms with Crippen LogP contribution in [0.1, 0.15) is 23.1 Å². The number of fused-ring (bicyclic) bond motifs is 1. The number of carbonyl (C=O) groups excluding carboxylic acids is 1. The summed E-state index contributed by atoms with van der Waals surface area (Å²) < 4.78 is 14.4. The molecular formula is C18H15BrFNO. The van der Waals surface area contributed by atoms with Gasteiger partial charge in [-0.1, -0.05) is 22.0 Å². The zero-order valence-corrected chi connectivity index (χ0v) is 13.5. The van der Waals surface area contributed by atoms with Crippen molar-refractivity contribution in [3.8, 4) is 0 Å². The summed E-state index contributed by atoms with van der Waals surface area (Å²) in [6.45, 7) is 0. The summed E-state index contributed by atoms with van der Waals surface area (Å²) in [7, 11) is 0. The molecule has 1 aliphatic rings. The molecule has 1 aliphatic carbocycles. The Bertz CT molecular complexity index is 755. The number of hydrogen-bond donors (Lipinski definition) is 1. The van der Waals surface area contributed by atoms with Crippen molar-refractivity contribution in [2.45, 2.75) is 19.3 Å². The average molecular weight is 360 g/mol. The van der Waals surface area contributed by atoms with Gasteiger partial charge >= 0.3 is 0 Å². The first-order chi connectivity index (χ1) is 10.6. The summed E-state index contributed by atoms with van der Waals surface area (Å²) in [6, 6.07) is 10.6. The molecule has 0 aliphatic heterocycles. The van der Waals surface area contributed by atoms with Crippen molar-refractivity contribution in [3.63, 3.8) is 0 Å². The van der Waals surface area contributed by atoms with Gasteiger partial charge in [-0.2, -0.15) is 0 Å². The zero-order chi connectivity index (χ0) is 15.5. The minimum atomic E-state index is -0.357. The topological polar surface area (TPSA) is 29.1 Å². The molecule has 0 saturated carbocycles. The van der Waals surface area contributed by atoms with Crippen LogP contribution in [-0.2, 0) is 17.6 Å². The Balaban J connectivity index is 1.70. The van der Waals surface area contributed by atoms with E-state index in [4.69, 9.17) is 0 Å². The van der Waals surface area contributed by atoms with Crippen molar-refractivity contribution in [2.75, 3.05) is 5.32 Å². The van der Waals surface area contributed by atoms with Gasteiger partial charge in [-0.3, -0.25) is 4.79 Å². The van der Waals surface area contributed by atoms with Gasteiger partial charge in [-0.05, 0) is 66.8 Å². The standard InChI is InChI=1S/C18H15BrFNO/c19-15-6-8-17(20)14(10-15)5-9-18(22)21-16-7-4-12-2-1-3-13(12)11-16/h4-11H,1-3H2,(H,21,22)/b9-5+. The Hall–Kier alpha value is -1.94. The van der Waals surface area contributed by atoms with E-state index < -0.39 is 0 Å². The molecule has 1 amide bonds. The Labute approximate surface area is 137 Å². The number of nitrogens with one attached hydrogen (secondary N) is 1. The Morgan fingerprint density at radius 2 is 1.95 bits per heavy atom. The van der Waals surface area contributed by atoms with Crippen molar-refractivity contribution in [1.29, 1.82) is 0 Å². The van der Waals surface area contributed by atoms with Crippen LogP contribution in [0.25, 0.3) is 6.08 Å².